The van der Waals surface area contributed by atoms with Crippen LogP contribution in [0, 0.1) is 12.3 Å². The lowest BCUT2D eigenvalue weighted by molar-refractivity contribution is 0.143. The summed E-state index contributed by atoms with van der Waals surface area (Å²) in [4.78, 5) is 2.73. The molecule has 0 spiro atoms. The highest BCUT2D eigenvalue weighted by molar-refractivity contribution is 7.99. The van der Waals surface area contributed by atoms with Crippen molar-refractivity contribution in [1.29, 1.82) is 0 Å². The summed E-state index contributed by atoms with van der Waals surface area (Å²) in [6.07, 6.45) is 1.32. The fourth-order valence-corrected chi connectivity index (χ4v) is 4.57. The molecule has 2 aliphatic heterocycles. The molecule has 0 aliphatic carbocycles. The summed E-state index contributed by atoms with van der Waals surface area (Å²) in [6, 6.07) is 9.77. The fourth-order valence-electron chi connectivity index (χ4n) is 3.42. The number of benzene rings is 1. The standard InChI is InChI=1S/C17H26N2S.ClH/c1-14-3-5-15(6-4-14)16-11-20-10-9-19(16)13-17(2)7-8-18-12-17;/h3-6,16,18H,7-13H2,1-2H3;1H. The number of hydrogen-bond donors (Lipinski definition) is 1. The zero-order valence-electron chi connectivity index (χ0n) is 13.1. The first kappa shape index (κ1) is 17.1. The molecular weight excluding hydrogens is 300 g/mol. The lowest BCUT2D eigenvalue weighted by Gasteiger charge is -2.40. The van der Waals surface area contributed by atoms with Crippen LogP contribution in [0.25, 0.3) is 0 Å². The lowest BCUT2D eigenvalue weighted by atomic mass is 9.88. The van der Waals surface area contributed by atoms with Crippen molar-refractivity contribution >= 4 is 24.2 Å². The molecule has 1 aromatic carbocycles. The predicted octanol–water partition coefficient (Wildman–Crippen LogP) is 3.51. The van der Waals surface area contributed by atoms with Gasteiger partial charge in [-0.25, -0.2) is 0 Å². The van der Waals surface area contributed by atoms with E-state index < -0.39 is 0 Å². The maximum Gasteiger partial charge on any atom is 0.0439 e. The second-order valence-corrected chi connectivity index (χ2v) is 7.86. The quantitative estimate of drug-likeness (QED) is 0.915. The van der Waals surface area contributed by atoms with Crippen molar-refractivity contribution in [3.8, 4) is 0 Å². The molecule has 1 aromatic rings. The van der Waals surface area contributed by atoms with Gasteiger partial charge in [-0.1, -0.05) is 36.8 Å². The van der Waals surface area contributed by atoms with Crippen LogP contribution in [0.4, 0.5) is 0 Å². The molecule has 2 heterocycles. The SMILES string of the molecule is Cc1ccc(C2CSCCN2CC2(C)CCNC2)cc1.Cl. The molecule has 118 valence electrons. The Labute approximate surface area is 139 Å². The van der Waals surface area contributed by atoms with E-state index in [0.717, 1.165) is 0 Å². The molecule has 0 amide bonds. The Hall–Kier alpha value is -0.220. The number of nitrogens with zero attached hydrogens (tertiary/aromatic N) is 1. The zero-order valence-corrected chi connectivity index (χ0v) is 14.7. The average Bonchev–Trinajstić information content (AvgIpc) is 2.87. The van der Waals surface area contributed by atoms with Gasteiger partial charge in [0.25, 0.3) is 0 Å². The number of rotatable bonds is 3. The normalized spacial score (nSPS) is 30.1. The highest BCUT2D eigenvalue weighted by Crippen LogP contribution is 2.34. The van der Waals surface area contributed by atoms with Gasteiger partial charge in [0.05, 0.1) is 0 Å². The second kappa shape index (κ2) is 7.36. The van der Waals surface area contributed by atoms with Crippen molar-refractivity contribution in [3.63, 3.8) is 0 Å². The molecule has 4 heteroatoms. The van der Waals surface area contributed by atoms with E-state index in [9.17, 15) is 0 Å². The van der Waals surface area contributed by atoms with E-state index >= 15 is 0 Å². The van der Waals surface area contributed by atoms with Crippen LogP contribution in [0.2, 0.25) is 0 Å². The van der Waals surface area contributed by atoms with Crippen molar-refractivity contribution < 1.29 is 0 Å². The smallest absolute Gasteiger partial charge is 0.0439 e. The van der Waals surface area contributed by atoms with Crippen molar-refractivity contribution in [2.24, 2.45) is 5.41 Å². The van der Waals surface area contributed by atoms with Gasteiger partial charge in [-0.05, 0) is 30.9 Å². The van der Waals surface area contributed by atoms with Gasteiger partial charge in [-0.15, -0.1) is 12.4 Å². The molecule has 1 N–H and O–H groups in total. The number of nitrogens with one attached hydrogen (secondary N) is 1. The molecule has 0 aromatic heterocycles. The minimum absolute atomic E-state index is 0. The maximum absolute atomic E-state index is 3.53. The van der Waals surface area contributed by atoms with Crippen LogP contribution in [-0.4, -0.2) is 42.6 Å². The molecule has 2 nitrogen and oxygen atoms in total. The van der Waals surface area contributed by atoms with Gasteiger partial charge in [0.1, 0.15) is 0 Å². The highest BCUT2D eigenvalue weighted by atomic mass is 35.5. The molecule has 0 saturated carbocycles. The van der Waals surface area contributed by atoms with E-state index in [0.29, 0.717) is 11.5 Å². The molecule has 0 radical (unpaired) electrons. The topological polar surface area (TPSA) is 15.3 Å². The maximum atomic E-state index is 3.53. The van der Waals surface area contributed by atoms with Crippen molar-refractivity contribution in [3.05, 3.63) is 35.4 Å². The third-order valence-electron chi connectivity index (χ3n) is 4.74. The van der Waals surface area contributed by atoms with Crippen molar-refractivity contribution in [1.82, 2.24) is 10.2 Å². The molecule has 2 unspecified atom stereocenters. The lowest BCUT2D eigenvalue weighted by Crippen LogP contribution is -2.43. The Morgan fingerprint density at radius 2 is 2.10 bits per heavy atom. The highest BCUT2D eigenvalue weighted by Gasteiger charge is 2.34. The molecule has 0 bridgehead atoms. The minimum atomic E-state index is 0. The van der Waals surface area contributed by atoms with E-state index in [1.807, 2.05) is 0 Å². The van der Waals surface area contributed by atoms with Crippen LogP contribution in [0.3, 0.4) is 0 Å². The number of hydrogen-bond acceptors (Lipinski definition) is 3. The minimum Gasteiger partial charge on any atom is -0.316 e. The summed E-state index contributed by atoms with van der Waals surface area (Å²) >= 11 is 2.11. The average molecular weight is 327 g/mol. The van der Waals surface area contributed by atoms with Crippen LogP contribution >= 0.6 is 24.2 Å². The molecule has 2 atom stereocenters. The first-order chi connectivity index (χ1) is 9.66. The van der Waals surface area contributed by atoms with Gasteiger partial charge >= 0.3 is 0 Å². The van der Waals surface area contributed by atoms with Gasteiger partial charge < -0.3 is 5.32 Å². The van der Waals surface area contributed by atoms with E-state index in [1.54, 1.807) is 0 Å². The summed E-state index contributed by atoms with van der Waals surface area (Å²) in [5, 5.41) is 3.53. The van der Waals surface area contributed by atoms with Crippen LogP contribution in [0.15, 0.2) is 24.3 Å². The summed E-state index contributed by atoms with van der Waals surface area (Å²) < 4.78 is 0. The van der Waals surface area contributed by atoms with Crippen molar-refractivity contribution in [2.45, 2.75) is 26.3 Å². The van der Waals surface area contributed by atoms with Gasteiger partial charge in [0, 0.05) is 37.2 Å². The predicted molar refractivity (Wildman–Crippen MR) is 95.7 cm³/mol. The van der Waals surface area contributed by atoms with Crippen LogP contribution in [0.5, 0.6) is 0 Å². The van der Waals surface area contributed by atoms with E-state index in [-0.39, 0.29) is 12.4 Å². The Kier molecular flexibility index (Phi) is 6.01. The summed E-state index contributed by atoms with van der Waals surface area (Å²) in [5.41, 5.74) is 3.32. The summed E-state index contributed by atoms with van der Waals surface area (Å²) in [6.45, 7) is 9.45. The molecule has 2 fully saturated rings. The van der Waals surface area contributed by atoms with E-state index in [1.165, 1.54) is 55.2 Å². The third kappa shape index (κ3) is 4.16. The molecule has 2 saturated heterocycles. The molecule has 2 aliphatic rings. The number of halogens is 1. The number of aryl methyl sites for hydroxylation is 1. The second-order valence-electron chi connectivity index (χ2n) is 6.71. The fraction of sp³-hybridized carbons (Fsp3) is 0.647. The van der Waals surface area contributed by atoms with Gasteiger partial charge in [0.2, 0.25) is 0 Å². The Morgan fingerprint density at radius 1 is 1.33 bits per heavy atom. The van der Waals surface area contributed by atoms with Crippen LogP contribution in [-0.2, 0) is 0 Å². The van der Waals surface area contributed by atoms with Crippen LogP contribution < -0.4 is 5.32 Å². The summed E-state index contributed by atoms with van der Waals surface area (Å²) in [7, 11) is 0. The van der Waals surface area contributed by atoms with Crippen molar-refractivity contribution in [2.75, 3.05) is 37.7 Å². The molecule has 21 heavy (non-hydrogen) atoms. The largest absolute Gasteiger partial charge is 0.316 e. The zero-order chi connectivity index (χ0) is 14.0. The van der Waals surface area contributed by atoms with Gasteiger partial charge in [-0.3, -0.25) is 4.90 Å². The third-order valence-corrected chi connectivity index (χ3v) is 5.77. The van der Waals surface area contributed by atoms with E-state index in [2.05, 4.69) is 60.1 Å². The van der Waals surface area contributed by atoms with E-state index in [4.69, 9.17) is 0 Å². The van der Waals surface area contributed by atoms with Gasteiger partial charge in [-0.2, -0.15) is 11.8 Å². The first-order valence-electron chi connectivity index (χ1n) is 7.75. The Morgan fingerprint density at radius 3 is 2.76 bits per heavy atom. The monoisotopic (exact) mass is 326 g/mol. The molecule has 3 rings (SSSR count). The Bertz CT molecular complexity index is 443. The number of thioether (sulfide) groups is 1. The summed E-state index contributed by atoms with van der Waals surface area (Å²) in [5.74, 6) is 2.53. The first-order valence-corrected chi connectivity index (χ1v) is 8.91. The van der Waals surface area contributed by atoms with Gasteiger partial charge in [0.15, 0.2) is 0 Å². The van der Waals surface area contributed by atoms with Crippen LogP contribution in [0.1, 0.15) is 30.5 Å². The Balaban J connectivity index is 0.00000161. The molecular formula is C17H27ClN2S.